The molecule has 0 unspecified atom stereocenters. The largest absolute Gasteiger partial charge is 0.417 e. The molecule has 1 aromatic heterocycles. The van der Waals surface area contributed by atoms with Crippen molar-refractivity contribution in [2.45, 2.75) is 25.1 Å². The molecule has 3 nitrogen and oxygen atoms in total. The van der Waals surface area contributed by atoms with Crippen LogP contribution in [0.15, 0.2) is 18.3 Å². The molecule has 6 heteroatoms. The van der Waals surface area contributed by atoms with Crippen LogP contribution in [0.4, 0.5) is 19.0 Å². The van der Waals surface area contributed by atoms with Gasteiger partial charge in [-0.2, -0.15) is 13.2 Å². The number of aromatic nitrogens is 1. The van der Waals surface area contributed by atoms with Crippen molar-refractivity contribution in [3.8, 4) is 0 Å². The molecule has 0 aliphatic heterocycles. The molecule has 1 N–H and O–H groups in total. The Kier molecular flexibility index (Phi) is 3.24. The summed E-state index contributed by atoms with van der Waals surface area (Å²) in [5, 5.41) is 8.91. The van der Waals surface area contributed by atoms with Crippen molar-refractivity contribution in [3.05, 3.63) is 23.9 Å². The number of aliphatic hydroxyl groups is 1. The summed E-state index contributed by atoms with van der Waals surface area (Å²) in [7, 11) is 0. The fourth-order valence-corrected chi connectivity index (χ4v) is 1.70. The fourth-order valence-electron chi connectivity index (χ4n) is 1.70. The molecule has 0 atom stereocenters. The van der Waals surface area contributed by atoms with E-state index in [-0.39, 0.29) is 6.61 Å². The predicted octanol–water partition coefficient (Wildman–Crippen LogP) is 2.06. The first-order valence-corrected chi connectivity index (χ1v) is 5.43. The van der Waals surface area contributed by atoms with Crippen molar-refractivity contribution in [2.75, 3.05) is 18.1 Å². The normalized spacial score (nSPS) is 16.0. The van der Waals surface area contributed by atoms with E-state index in [1.807, 2.05) is 4.90 Å². The van der Waals surface area contributed by atoms with Crippen molar-refractivity contribution in [1.82, 2.24) is 4.98 Å². The number of rotatable bonds is 4. The molecule has 1 aromatic rings. The van der Waals surface area contributed by atoms with E-state index >= 15 is 0 Å². The van der Waals surface area contributed by atoms with Crippen LogP contribution in [0.1, 0.15) is 18.4 Å². The molecular weight excluding hydrogens is 233 g/mol. The molecule has 1 saturated carbocycles. The Morgan fingerprint density at radius 2 is 2.06 bits per heavy atom. The van der Waals surface area contributed by atoms with Crippen molar-refractivity contribution in [1.29, 1.82) is 0 Å². The third-order valence-electron chi connectivity index (χ3n) is 2.70. The molecule has 1 aliphatic rings. The highest BCUT2D eigenvalue weighted by atomic mass is 19.4. The number of hydrogen-bond acceptors (Lipinski definition) is 3. The van der Waals surface area contributed by atoms with E-state index in [2.05, 4.69) is 4.98 Å². The van der Waals surface area contributed by atoms with Gasteiger partial charge in [-0.15, -0.1) is 0 Å². The highest BCUT2D eigenvalue weighted by Crippen LogP contribution is 2.32. The first-order valence-electron chi connectivity index (χ1n) is 5.43. The third-order valence-corrected chi connectivity index (χ3v) is 2.70. The van der Waals surface area contributed by atoms with Gasteiger partial charge in [0.1, 0.15) is 5.82 Å². The molecule has 0 bridgehead atoms. The zero-order chi connectivity index (χ0) is 12.5. The molecular formula is C11H13F3N2O. The van der Waals surface area contributed by atoms with E-state index in [1.165, 1.54) is 6.07 Å². The molecule has 2 rings (SSSR count). The van der Waals surface area contributed by atoms with Gasteiger partial charge in [-0.1, -0.05) is 0 Å². The minimum atomic E-state index is -4.35. The summed E-state index contributed by atoms with van der Waals surface area (Å²) in [6, 6.07) is 2.69. The lowest BCUT2D eigenvalue weighted by Crippen LogP contribution is -2.29. The van der Waals surface area contributed by atoms with Gasteiger partial charge in [0.2, 0.25) is 0 Å². The van der Waals surface area contributed by atoms with Crippen molar-refractivity contribution in [2.24, 2.45) is 0 Å². The lowest BCUT2D eigenvalue weighted by Gasteiger charge is -2.22. The zero-order valence-electron chi connectivity index (χ0n) is 9.11. The van der Waals surface area contributed by atoms with Crippen LogP contribution in [-0.2, 0) is 6.18 Å². The Balaban J connectivity index is 2.15. The number of nitrogens with zero attached hydrogens (tertiary/aromatic N) is 2. The molecule has 94 valence electrons. The van der Waals surface area contributed by atoms with Gasteiger partial charge in [-0.3, -0.25) is 0 Å². The van der Waals surface area contributed by atoms with E-state index in [0.29, 0.717) is 18.4 Å². The number of halogens is 3. The first-order chi connectivity index (χ1) is 8.02. The summed E-state index contributed by atoms with van der Waals surface area (Å²) < 4.78 is 37.0. The molecule has 0 spiro atoms. The maximum absolute atomic E-state index is 12.3. The number of aliphatic hydroxyl groups excluding tert-OH is 1. The predicted molar refractivity (Wildman–Crippen MR) is 56.7 cm³/mol. The topological polar surface area (TPSA) is 36.4 Å². The fraction of sp³-hybridized carbons (Fsp3) is 0.545. The van der Waals surface area contributed by atoms with Gasteiger partial charge >= 0.3 is 6.18 Å². The van der Waals surface area contributed by atoms with Crippen LogP contribution in [0, 0.1) is 0 Å². The molecule has 0 radical (unpaired) electrons. The van der Waals surface area contributed by atoms with Crippen LogP contribution < -0.4 is 4.90 Å². The lowest BCUT2D eigenvalue weighted by molar-refractivity contribution is -0.137. The first kappa shape index (κ1) is 12.2. The Labute approximate surface area is 96.9 Å². The molecule has 0 amide bonds. The monoisotopic (exact) mass is 246 g/mol. The van der Waals surface area contributed by atoms with Gasteiger partial charge in [0.05, 0.1) is 12.2 Å². The second-order valence-electron chi connectivity index (χ2n) is 4.05. The molecule has 1 fully saturated rings. The number of alkyl halides is 3. The summed E-state index contributed by atoms with van der Waals surface area (Å²) in [6.45, 7) is 0.377. The second kappa shape index (κ2) is 4.52. The summed E-state index contributed by atoms with van der Waals surface area (Å²) >= 11 is 0. The Morgan fingerprint density at radius 1 is 1.35 bits per heavy atom. The number of pyridine rings is 1. The highest BCUT2D eigenvalue weighted by molar-refractivity contribution is 5.42. The average molecular weight is 246 g/mol. The third kappa shape index (κ3) is 2.88. The van der Waals surface area contributed by atoms with Crippen LogP contribution >= 0.6 is 0 Å². The van der Waals surface area contributed by atoms with Crippen molar-refractivity contribution >= 4 is 5.82 Å². The molecule has 1 aliphatic carbocycles. The Bertz CT molecular complexity index is 373. The summed E-state index contributed by atoms with van der Waals surface area (Å²) in [6.07, 6.45) is -1.51. The smallest absolute Gasteiger partial charge is 0.395 e. The van der Waals surface area contributed by atoms with Crippen LogP contribution in [0.3, 0.4) is 0 Å². The average Bonchev–Trinajstić information content (AvgIpc) is 3.09. The summed E-state index contributed by atoms with van der Waals surface area (Å²) in [5.74, 6) is 0.495. The van der Waals surface area contributed by atoms with Gasteiger partial charge in [0.15, 0.2) is 0 Å². The van der Waals surface area contributed by atoms with Gasteiger partial charge < -0.3 is 10.0 Å². The van der Waals surface area contributed by atoms with Crippen LogP contribution in [-0.4, -0.2) is 29.3 Å². The van der Waals surface area contributed by atoms with Gasteiger partial charge in [0, 0.05) is 18.8 Å². The van der Waals surface area contributed by atoms with Crippen LogP contribution in [0.5, 0.6) is 0 Å². The van der Waals surface area contributed by atoms with Crippen LogP contribution in [0.25, 0.3) is 0 Å². The second-order valence-corrected chi connectivity index (χ2v) is 4.05. The van der Waals surface area contributed by atoms with Gasteiger partial charge in [0.25, 0.3) is 0 Å². The maximum atomic E-state index is 12.3. The Hall–Kier alpha value is -1.30. The van der Waals surface area contributed by atoms with E-state index in [9.17, 15) is 13.2 Å². The number of anilines is 1. The van der Waals surface area contributed by atoms with Crippen molar-refractivity contribution in [3.63, 3.8) is 0 Å². The van der Waals surface area contributed by atoms with E-state index in [0.717, 1.165) is 25.1 Å². The molecule has 1 heterocycles. The van der Waals surface area contributed by atoms with Gasteiger partial charge in [-0.25, -0.2) is 4.98 Å². The summed E-state index contributed by atoms with van der Waals surface area (Å²) in [4.78, 5) is 5.67. The quantitative estimate of drug-likeness (QED) is 0.883. The standard InChI is InChI=1S/C11H13F3N2O/c12-11(13,14)8-1-4-10(15-7-8)16(5-6-17)9-2-3-9/h1,4,7,9,17H,2-3,5-6H2. The lowest BCUT2D eigenvalue weighted by atomic mass is 10.2. The highest BCUT2D eigenvalue weighted by Gasteiger charge is 2.32. The zero-order valence-corrected chi connectivity index (χ0v) is 9.11. The molecule has 0 aromatic carbocycles. The number of hydrogen-bond donors (Lipinski definition) is 1. The maximum Gasteiger partial charge on any atom is 0.417 e. The minimum absolute atomic E-state index is 0.0286. The van der Waals surface area contributed by atoms with Gasteiger partial charge in [-0.05, 0) is 25.0 Å². The SMILES string of the molecule is OCCN(c1ccc(C(F)(F)F)cn1)C1CC1. The van der Waals surface area contributed by atoms with E-state index < -0.39 is 11.7 Å². The summed E-state index contributed by atoms with van der Waals surface area (Å²) in [5.41, 5.74) is -0.749. The van der Waals surface area contributed by atoms with E-state index in [4.69, 9.17) is 5.11 Å². The molecule has 17 heavy (non-hydrogen) atoms. The Morgan fingerprint density at radius 3 is 2.47 bits per heavy atom. The van der Waals surface area contributed by atoms with Crippen LogP contribution in [0.2, 0.25) is 0 Å². The minimum Gasteiger partial charge on any atom is -0.395 e. The molecule has 0 saturated heterocycles. The van der Waals surface area contributed by atoms with E-state index in [1.54, 1.807) is 0 Å². The van der Waals surface area contributed by atoms with Crippen molar-refractivity contribution < 1.29 is 18.3 Å².